The highest BCUT2D eigenvalue weighted by Crippen LogP contribution is 2.28. The molecule has 124 valence electrons. The van der Waals surface area contributed by atoms with Gasteiger partial charge in [0.1, 0.15) is 11.3 Å². The van der Waals surface area contributed by atoms with Crippen LogP contribution in [0, 0.1) is 0 Å². The Morgan fingerprint density at radius 1 is 1.17 bits per heavy atom. The van der Waals surface area contributed by atoms with Gasteiger partial charge in [-0.25, -0.2) is 4.79 Å². The van der Waals surface area contributed by atoms with E-state index in [1.165, 1.54) is 0 Å². The zero-order chi connectivity index (χ0) is 16.6. The Hall–Kier alpha value is -1.85. The second-order valence-electron chi connectivity index (χ2n) is 6.37. The van der Waals surface area contributed by atoms with Crippen LogP contribution >= 0.6 is 0 Å². The van der Waals surface area contributed by atoms with Gasteiger partial charge in [-0.2, -0.15) is 0 Å². The van der Waals surface area contributed by atoms with Crippen LogP contribution in [0.25, 0.3) is 11.0 Å². The summed E-state index contributed by atoms with van der Waals surface area (Å²) in [5, 5.41) is 10.9. The first-order valence-corrected chi connectivity index (χ1v) is 8.12. The minimum absolute atomic E-state index is 0.175. The lowest BCUT2D eigenvalue weighted by Gasteiger charge is -2.35. The first kappa shape index (κ1) is 16.0. The lowest BCUT2D eigenvalue weighted by atomic mass is 10.0. The summed E-state index contributed by atoms with van der Waals surface area (Å²) in [6.07, 6.45) is 1.09. The Labute approximate surface area is 135 Å². The number of nitrogens with zero attached hydrogens (tertiary/aromatic N) is 1. The Morgan fingerprint density at radius 2 is 1.87 bits per heavy atom. The van der Waals surface area contributed by atoms with Crippen LogP contribution in [0.4, 0.5) is 0 Å². The zero-order valence-electron chi connectivity index (χ0n) is 13.8. The van der Waals surface area contributed by atoms with E-state index in [2.05, 4.69) is 18.7 Å². The second kappa shape index (κ2) is 6.34. The minimum Gasteiger partial charge on any atom is -0.508 e. The van der Waals surface area contributed by atoms with Gasteiger partial charge in [-0.3, -0.25) is 4.90 Å². The molecular formula is C18H23NO4. The lowest BCUT2D eigenvalue weighted by molar-refractivity contribution is -0.0704. The molecular weight excluding hydrogens is 294 g/mol. The number of benzene rings is 1. The maximum Gasteiger partial charge on any atom is 0.336 e. The molecule has 1 aliphatic rings. The fourth-order valence-corrected chi connectivity index (χ4v) is 3.38. The van der Waals surface area contributed by atoms with Crippen LogP contribution < -0.4 is 5.63 Å². The van der Waals surface area contributed by atoms with Gasteiger partial charge in [0, 0.05) is 37.2 Å². The summed E-state index contributed by atoms with van der Waals surface area (Å²) < 4.78 is 11.0. The number of phenolic OH excluding ortho intramolecular Hbond substituents is 1. The van der Waals surface area contributed by atoms with Gasteiger partial charge in [0.05, 0.1) is 12.2 Å². The number of hydrogen-bond donors (Lipinski definition) is 1. The summed E-state index contributed by atoms with van der Waals surface area (Å²) in [5.74, 6) is 0.175. The molecule has 1 fully saturated rings. The van der Waals surface area contributed by atoms with Crippen LogP contribution in [-0.4, -0.2) is 35.3 Å². The summed E-state index contributed by atoms with van der Waals surface area (Å²) in [5.41, 5.74) is 1.85. The largest absolute Gasteiger partial charge is 0.508 e. The van der Waals surface area contributed by atoms with E-state index in [1.54, 1.807) is 12.1 Å². The van der Waals surface area contributed by atoms with Crippen LogP contribution in [0.2, 0.25) is 0 Å². The van der Waals surface area contributed by atoms with E-state index < -0.39 is 0 Å². The number of aromatic hydroxyl groups is 1. The second-order valence-corrected chi connectivity index (χ2v) is 6.37. The van der Waals surface area contributed by atoms with Crippen molar-refractivity contribution in [2.75, 3.05) is 13.1 Å². The molecule has 0 saturated carbocycles. The summed E-state index contributed by atoms with van der Waals surface area (Å²) in [4.78, 5) is 14.1. The summed E-state index contributed by atoms with van der Waals surface area (Å²) in [6.45, 7) is 8.47. The Bertz CT molecular complexity index is 757. The minimum atomic E-state index is -0.384. The molecule has 2 heterocycles. The molecule has 0 aliphatic carbocycles. The van der Waals surface area contributed by atoms with E-state index in [1.807, 2.05) is 13.0 Å². The van der Waals surface area contributed by atoms with Gasteiger partial charge in [-0.05, 0) is 37.5 Å². The predicted molar refractivity (Wildman–Crippen MR) is 88.8 cm³/mol. The molecule has 5 nitrogen and oxygen atoms in total. The van der Waals surface area contributed by atoms with Crippen molar-refractivity contribution in [3.63, 3.8) is 0 Å². The van der Waals surface area contributed by atoms with Crippen molar-refractivity contribution in [1.29, 1.82) is 0 Å². The number of aryl methyl sites for hydroxylation is 1. The predicted octanol–water partition coefficient (Wildman–Crippen LogP) is 2.67. The monoisotopic (exact) mass is 317 g/mol. The van der Waals surface area contributed by atoms with Crippen molar-refractivity contribution >= 4 is 11.0 Å². The quantitative estimate of drug-likeness (QED) is 0.882. The first-order chi connectivity index (χ1) is 11.0. The van der Waals surface area contributed by atoms with Gasteiger partial charge in [-0.15, -0.1) is 0 Å². The lowest BCUT2D eigenvalue weighted by Crippen LogP contribution is -2.44. The van der Waals surface area contributed by atoms with Crippen molar-refractivity contribution in [2.45, 2.75) is 45.9 Å². The standard InChI is InChI=1S/C18H23NO4/c1-4-13-5-15-14(6-18(21)23-17(15)7-16(13)20)10-19-8-11(2)22-12(3)9-19/h5-7,11-12,20H,4,8-10H2,1-3H3/t11-,12-/m0/s1. The number of phenols is 1. The highest BCUT2D eigenvalue weighted by molar-refractivity contribution is 5.82. The van der Waals surface area contributed by atoms with Gasteiger partial charge in [0.25, 0.3) is 0 Å². The SMILES string of the molecule is CCc1cc2c(CN3C[C@H](C)O[C@@H](C)C3)cc(=O)oc2cc1O. The highest BCUT2D eigenvalue weighted by atomic mass is 16.5. The highest BCUT2D eigenvalue weighted by Gasteiger charge is 2.23. The molecule has 3 rings (SSSR count). The molecule has 0 radical (unpaired) electrons. The van der Waals surface area contributed by atoms with Crippen LogP contribution in [0.5, 0.6) is 5.75 Å². The van der Waals surface area contributed by atoms with Gasteiger partial charge in [0.15, 0.2) is 0 Å². The van der Waals surface area contributed by atoms with Crippen molar-refractivity contribution in [3.05, 3.63) is 39.7 Å². The van der Waals surface area contributed by atoms with E-state index in [9.17, 15) is 9.90 Å². The Balaban J connectivity index is 2.00. The maximum atomic E-state index is 11.8. The number of ether oxygens (including phenoxy) is 1. The normalized spacial score (nSPS) is 22.6. The van der Waals surface area contributed by atoms with Crippen molar-refractivity contribution < 1.29 is 14.3 Å². The van der Waals surface area contributed by atoms with E-state index >= 15 is 0 Å². The van der Waals surface area contributed by atoms with Crippen molar-refractivity contribution in [1.82, 2.24) is 4.90 Å². The molecule has 1 aliphatic heterocycles. The number of fused-ring (bicyclic) bond motifs is 1. The molecule has 1 aromatic heterocycles. The molecule has 2 atom stereocenters. The summed E-state index contributed by atoms with van der Waals surface area (Å²) >= 11 is 0. The molecule has 2 aromatic rings. The fourth-order valence-electron chi connectivity index (χ4n) is 3.38. The Morgan fingerprint density at radius 3 is 2.52 bits per heavy atom. The third-order valence-electron chi connectivity index (χ3n) is 4.30. The molecule has 0 unspecified atom stereocenters. The van der Waals surface area contributed by atoms with Gasteiger partial charge < -0.3 is 14.3 Å². The van der Waals surface area contributed by atoms with Gasteiger partial charge in [-0.1, -0.05) is 6.92 Å². The van der Waals surface area contributed by atoms with Crippen LogP contribution in [0.1, 0.15) is 31.9 Å². The van der Waals surface area contributed by atoms with E-state index in [4.69, 9.17) is 9.15 Å². The van der Waals surface area contributed by atoms with E-state index in [0.717, 1.165) is 36.0 Å². The average Bonchev–Trinajstić information content (AvgIpc) is 2.45. The first-order valence-electron chi connectivity index (χ1n) is 8.12. The topological polar surface area (TPSA) is 62.9 Å². The number of morpholine rings is 1. The van der Waals surface area contributed by atoms with Crippen LogP contribution in [0.15, 0.2) is 27.4 Å². The Kier molecular flexibility index (Phi) is 4.41. The van der Waals surface area contributed by atoms with Gasteiger partial charge >= 0.3 is 5.63 Å². The smallest absolute Gasteiger partial charge is 0.336 e. The molecule has 0 bridgehead atoms. The summed E-state index contributed by atoms with van der Waals surface area (Å²) in [6, 6.07) is 5.03. The molecule has 0 amide bonds. The maximum absolute atomic E-state index is 11.8. The van der Waals surface area contributed by atoms with Crippen molar-refractivity contribution in [3.8, 4) is 5.75 Å². The zero-order valence-corrected chi connectivity index (χ0v) is 13.8. The number of hydrogen-bond acceptors (Lipinski definition) is 5. The molecule has 1 N–H and O–H groups in total. The third kappa shape index (κ3) is 3.41. The summed E-state index contributed by atoms with van der Waals surface area (Å²) in [7, 11) is 0. The molecule has 0 spiro atoms. The van der Waals surface area contributed by atoms with Crippen molar-refractivity contribution in [2.24, 2.45) is 0 Å². The van der Waals surface area contributed by atoms with E-state index in [-0.39, 0.29) is 23.6 Å². The number of rotatable bonds is 3. The fraction of sp³-hybridized carbons (Fsp3) is 0.500. The van der Waals surface area contributed by atoms with E-state index in [0.29, 0.717) is 12.1 Å². The van der Waals surface area contributed by atoms with Crippen LogP contribution in [-0.2, 0) is 17.7 Å². The molecule has 1 saturated heterocycles. The van der Waals surface area contributed by atoms with Crippen LogP contribution in [0.3, 0.4) is 0 Å². The molecule has 5 heteroatoms. The molecule has 1 aromatic carbocycles. The van der Waals surface area contributed by atoms with Gasteiger partial charge in [0.2, 0.25) is 0 Å². The third-order valence-corrected chi connectivity index (χ3v) is 4.30. The molecule has 23 heavy (non-hydrogen) atoms. The average molecular weight is 317 g/mol.